The number of hydrogen-bond acceptors (Lipinski definition) is 3. The van der Waals surface area contributed by atoms with Crippen molar-refractivity contribution in [3.05, 3.63) is 34.2 Å². The highest BCUT2D eigenvalue weighted by molar-refractivity contribution is 7.08. The van der Waals surface area contributed by atoms with Gasteiger partial charge in [0.1, 0.15) is 0 Å². The molecule has 2 N–H and O–H groups in total. The number of aromatic nitrogens is 2. The first kappa shape index (κ1) is 10.9. The molecular formula is C11H13N3OS. The summed E-state index contributed by atoms with van der Waals surface area (Å²) in [5, 5.41) is 13.4. The van der Waals surface area contributed by atoms with Gasteiger partial charge in [-0.25, -0.2) is 0 Å². The maximum Gasteiger partial charge on any atom is 0.257 e. The van der Waals surface area contributed by atoms with Crippen molar-refractivity contribution in [1.82, 2.24) is 10.2 Å². The van der Waals surface area contributed by atoms with Gasteiger partial charge in [0.05, 0.1) is 5.56 Å². The van der Waals surface area contributed by atoms with Gasteiger partial charge in [-0.15, -0.1) is 0 Å². The zero-order valence-electron chi connectivity index (χ0n) is 8.99. The Morgan fingerprint density at radius 2 is 2.50 bits per heavy atom. The first-order valence-corrected chi connectivity index (χ1v) is 6.11. The number of rotatable bonds is 4. The number of nitrogens with zero attached hydrogens (tertiary/aromatic N) is 1. The highest BCUT2D eigenvalue weighted by atomic mass is 32.1. The van der Waals surface area contributed by atoms with Gasteiger partial charge in [0.15, 0.2) is 5.82 Å². The van der Waals surface area contributed by atoms with Crippen LogP contribution in [0.4, 0.5) is 5.82 Å². The van der Waals surface area contributed by atoms with E-state index in [-0.39, 0.29) is 5.91 Å². The normalized spacial score (nSPS) is 10.3. The summed E-state index contributed by atoms with van der Waals surface area (Å²) >= 11 is 1.50. The summed E-state index contributed by atoms with van der Waals surface area (Å²) in [6, 6.07) is 3.66. The molecule has 1 amide bonds. The number of anilines is 1. The largest absolute Gasteiger partial charge is 0.305 e. The molecule has 0 aliphatic rings. The van der Waals surface area contributed by atoms with Crippen LogP contribution in [-0.4, -0.2) is 16.1 Å². The number of aryl methyl sites for hydroxylation is 1. The van der Waals surface area contributed by atoms with Crippen molar-refractivity contribution in [3.8, 4) is 0 Å². The van der Waals surface area contributed by atoms with Gasteiger partial charge in [-0.3, -0.25) is 9.89 Å². The third kappa shape index (κ3) is 2.49. The number of amides is 1. The first-order chi connectivity index (χ1) is 7.79. The summed E-state index contributed by atoms with van der Waals surface area (Å²) in [6.45, 7) is 2.10. The summed E-state index contributed by atoms with van der Waals surface area (Å²) in [5.41, 5.74) is 1.72. The van der Waals surface area contributed by atoms with Crippen LogP contribution in [0, 0.1) is 0 Å². The first-order valence-electron chi connectivity index (χ1n) is 5.17. The third-order valence-corrected chi connectivity index (χ3v) is 2.86. The fraction of sp³-hybridized carbons (Fsp3) is 0.273. The quantitative estimate of drug-likeness (QED) is 0.856. The molecule has 16 heavy (non-hydrogen) atoms. The Kier molecular flexibility index (Phi) is 3.36. The fourth-order valence-corrected chi connectivity index (χ4v) is 2.04. The van der Waals surface area contributed by atoms with E-state index in [1.807, 2.05) is 16.8 Å². The van der Waals surface area contributed by atoms with Crippen LogP contribution >= 0.6 is 11.3 Å². The Bertz CT molecular complexity index is 461. The molecule has 0 aliphatic carbocycles. The molecule has 0 radical (unpaired) electrons. The van der Waals surface area contributed by atoms with Crippen molar-refractivity contribution in [2.75, 3.05) is 5.32 Å². The van der Waals surface area contributed by atoms with E-state index in [1.54, 1.807) is 6.07 Å². The third-order valence-electron chi connectivity index (χ3n) is 2.18. The van der Waals surface area contributed by atoms with Gasteiger partial charge in [0.2, 0.25) is 0 Å². The Balaban J connectivity index is 2.01. The molecule has 0 atom stereocenters. The molecule has 0 aromatic carbocycles. The van der Waals surface area contributed by atoms with Crippen molar-refractivity contribution in [1.29, 1.82) is 0 Å². The van der Waals surface area contributed by atoms with E-state index in [9.17, 15) is 4.79 Å². The van der Waals surface area contributed by atoms with Crippen LogP contribution < -0.4 is 5.32 Å². The second-order valence-electron chi connectivity index (χ2n) is 3.49. The highest BCUT2D eigenvalue weighted by Crippen LogP contribution is 2.11. The molecule has 0 fully saturated rings. The van der Waals surface area contributed by atoms with Gasteiger partial charge in [0.25, 0.3) is 5.91 Å². The SMILES string of the molecule is CCCc1cc(NC(=O)c2ccsc2)n[nH]1. The molecule has 4 nitrogen and oxygen atoms in total. The van der Waals surface area contributed by atoms with E-state index in [0.29, 0.717) is 11.4 Å². The minimum absolute atomic E-state index is 0.115. The number of aromatic amines is 1. The topological polar surface area (TPSA) is 57.8 Å². The molecule has 2 rings (SSSR count). The number of carbonyl (C=O) groups is 1. The minimum Gasteiger partial charge on any atom is -0.305 e. The predicted octanol–water partition coefficient (Wildman–Crippen LogP) is 2.68. The predicted molar refractivity (Wildman–Crippen MR) is 64.9 cm³/mol. The molecule has 2 aromatic rings. The molecule has 0 aliphatic heterocycles. The summed E-state index contributed by atoms with van der Waals surface area (Å²) in [5.74, 6) is 0.468. The molecule has 0 saturated heterocycles. The number of nitrogens with one attached hydrogen (secondary N) is 2. The average molecular weight is 235 g/mol. The van der Waals surface area contributed by atoms with Crippen LogP contribution in [0.3, 0.4) is 0 Å². The van der Waals surface area contributed by atoms with Crippen LogP contribution in [0.2, 0.25) is 0 Å². The van der Waals surface area contributed by atoms with Crippen LogP contribution in [0.15, 0.2) is 22.9 Å². The van der Waals surface area contributed by atoms with Gasteiger partial charge in [-0.05, 0) is 17.9 Å². The Hall–Kier alpha value is -1.62. The van der Waals surface area contributed by atoms with E-state index in [2.05, 4.69) is 22.4 Å². The van der Waals surface area contributed by atoms with Crippen LogP contribution in [0.1, 0.15) is 29.4 Å². The lowest BCUT2D eigenvalue weighted by Crippen LogP contribution is -2.10. The smallest absolute Gasteiger partial charge is 0.257 e. The minimum atomic E-state index is -0.115. The summed E-state index contributed by atoms with van der Waals surface area (Å²) in [4.78, 5) is 11.7. The Morgan fingerprint density at radius 3 is 3.19 bits per heavy atom. The summed E-state index contributed by atoms with van der Waals surface area (Å²) in [6.07, 6.45) is 2.00. The van der Waals surface area contributed by atoms with Gasteiger partial charge in [-0.1, -0.05) is 13.3 Å². The summed E-state index contributed by atoms with van der Waals surface area (Å²) < 4.78 is 0. The maximum atomic E-state index is 11.7. The average Bonchev–Trinajstić information content (AvgIpc) is 2.89. The zero-order chi connectivity index (χ0) is 11.4. The highest BCUT2D eigenvalue weighted by Gasteiger charge is 2.08. The summed E-state index contributed by atoms with van der Waals surface area (Å²) in [7, 11) is 0. The maximum absolute atomic E-state index is 11.7. The van der Waals surface area contributed by atoms with Crippen molar-refractivity contribution in [2.45, 2.75) is 19.8 Å². The number of carbonyl (C=O) groups excluding carboxylic acids is 1. The van der Waals surface area contributed by atoms with E-state index in [4.69, 9.17) is 0 Å². The van der Waals surface area contributed by atoms with Crippen LogP contribution in [0.5, 0.6) is 0 Å². The molecular weight excluding hydrogens is 222 g/mol. The zero-order valence-corrected chi connectivity index (χ0v) is 9.80. The molecule has 5 heteroatoms. The van der Waals surface area contributed by atoms with Crippen LogP contribution in [-0.2, 0) is 6.42 Å². The lowest BCUT2D eigenvalue weighted by molar-refractivity contribution is 0.102. The van der Waals surface area contributed by atoms with E-state index in [1.165, 1.54) is 11.3 Å². The van der Waals surface area contributed by atoms with Crippen molar-refractivity contribution >= 4 is 23.1 Å². The van der Waals surface area contributed by atoms with Crippen molar-refractivity contribution in [3.63, 3.8) is 0 Å². The Labute approximate surface area is 97.7 Å². The van der Waals surface area contributed by atoms with Crippen molar-refractivity contribution in [2.24, 2.45) is 0 Å². The number of thiophene rings is 1. The lowest BCUT2D eigenvalue weighted by Gasteiger charge is -1.97. The second-order valence-corrected chi connectivity index (χ2v) is 4.27. The molecule has 2 aromatic heterocycles. The second kappa shape index (κ2) is 4.94. The van der Waals surface area contributed by atoms with Gasteiger partial charge < -0.3 is 5.32 Å². The Morgan fingerprint density at radius 1 is 1.62 bits per heavy atom. The monoisotopic (exact) mass is 235 g/mol. The number of H-pyrrole nitrogens is 1. The number of hydrogen-bond donors (Lipinski definition) is 2. The molecule has 0 spiro atoms. The standard InChI is InChI=1S/C11H13N3OS/c1-2-3-9-6-10(14-13-9)12-11(15)8-4-5-16-7-8/h4-7H,2-3H2,1H3,(H2,12,13,14,15). The van der Waals surface area contributed by atoms with E-state index < -0.39 is 0 Å². The van der Waals surface area contributed by atoms with Crippen LogP contribution in [0.25, 0.3) is 0 Å². The molecule has 0 unspecified atom stereocenters. The molecule has 0 bridgehead atoms. The van der Waals surface area contributed by atoms with Gasteiger partial charge >= 0.3 is 0 Å². The van der Waals surface area contributed by atoms with E-state index >= 15 is 0 Å². The lowest BCUT2D eigenvalue weighted by atomic mass is 10.2. The van der Waals surface area contributed by atoms with Gasteiger partial charge in [-0.2, -0.15) is 16.4 Å². The molecule has 84 valence electrons. The molecule has 2 heterocycles. The van der Waals surface area contributed by atoms with E-state index in [0.717, 1.165) is 18.5 Å². The fourth-order valence-electron chi connectivity index (χ4n) is 1.41. The van der Waals surface area contributed by atoms with Crippen molar-refractivity contribution < 1.29 is 4.79 Å². The molecule has 0 saturated carbocycles. The van der Waals surface area contributed by atoms with Gasteiger partial charge in [0, 0.05) is 17.1 Å².